The normalized spacial score (nSPS) is 31.1. The van der Waals surface area contributed by atoms with Gasteiger partial charge in [0.05, 0.1) is 2.74 Å². The number of benzene rings is 2. The molecule has 1 heterocycles. The summed E-state index contributed by atoms with van der Waals surface area (Å²) in [4.78, 5) is 0. The maximum atomic E-state index is 10.7. The third kappa shape index (κ3) is 6.74. The molecule has 0 bridgehead atoms. The first-order valence-electron chi connectivity index (χ1n) is 20.6. The molecule has 3 aliphatic rings. The summed E-state index contributed by atoms with van der Waals surface area (Å²) < 4.78 is 91.8. The van der Waals surface area contributed by atoms with Crippen molar-refractivity contribution in [2.24, 2.45) is 11.8 Å². The topological polar surface area (TPSA) is 69.9 Å². The van der Waals surface area contributed by atoms with Gasteiger partial charge < -0.3 is 20.1 Å². The molecule has 0 spiro atoms. The average Bonchev–Trinajstić information content (AvgIpc) is 3.03. The summed E-state index contributed by atoms with van der Waals surface area (Å²) in [5.74, 6) is -1.58. The lowest BCUT2D eigenvalue weighted by Crippen LogP contribution is -2.45. The van der Waals surface area contributed by atoms with Crippen molar-refractivity contribution in [1.29, 1.82) is 0 Å². The Bertz CT molecular complexity index is 1730. The van der Waals surface area contributed by atoms with Gasteiger partial charge in [0, 0.05) is 41.2 Å². The number of fused-ring (bicyclic) bond motifs is 3. The van der Waals surface area contributed by atoms with Gasteiger partial charge in [0.15, 0.2) is 0 Å². The van der Waals surface area contributed by atoms with E-state index in [1.807, 2.05) is 13.8 Å². The molecule has 0 saturated heterocycles. The number of hydrogen-bond acceptors (Lipinski definition) is 4. The van der Waals surface area contributed by atoms with Crippen LogP contribution in [0.4, 0.5) is 0 Å². The third-order valence-corrected chi connectivity index (χ3v) is 8.78. The number of allylic oxidation sites excluding steroid dienone is 5. The highest BCUT2D eigenvalue weighted by Crippen LogP contribution is 2.53. The van der Waals surface area contributed by atoms with Gasteiger partial charge in [-0.05, 0) is 114 Å². The fraction of sp³-hybridized carbons (Fsp3) is 0.526. The molecule has 0 amide bonds. The lowest BCUT2D eigenvalue weighted by Gasteiger charge is -2.46. The molecule has 5 rings (SSSR count). The van der Waals surface area contributed by atoms with Crippen molar-refractivity contribution in [3.05, 3.63) is 81.9 Å². The third-order valence-electron chi connectivity index (χ3n) is 8.78. The van der Waals surface area contributed by atoms with Crippen molar-refractivity contribution in [3.63, 3.8) is 0 Å². The Hall–Kier alpha value is -3.14. The van der Waals surface area contributed by atoms with Crippen LogP contribution in [0.15, 0.2) is 59.7 Å². The van der Waals surface area contributed by atoms with Gasteiger partial charge in [-0.1, -0.05) is 62.1 Å². The minimum Gasteiger partial charge on any atom is -0.507 e. The zero-order chi connectivity index (χ0) is 39.8. The van der Waals surface area contributed by atoms with Gasteiger partial charge >= 0.3 is 0 Å². The minimum absolute atomic E-state index is 0.0431. The van der Waals surface area contributed by atoms with Crippen molar-refractivity contribution < 1.29 is 35.1 Å². The maximum Gasteiger partial charge on any atom is 0.127 e. The first kappa shape index (κ1) is 19.9. The molecular weight excluding hydrogens is 520 g/mol. The van der Waals surface area contributed by atoms with Crippen LogP contribution < -0.4 is 4.74 Å². The smallest absolute Gasteiger partial charge is 0.127 e. The molecule has 2 aromatic carbocycles. The van der Waals surface area contributed by atoms with Crippen LogP contribution in [0.1, 0.15) is 136 Å². The lowest BCUT2D eigenvalue weighted by atomic mass is 9.68. The van der Waals surface area contributed by atoms with Gasteiger partial charge in [-0.25, -0.2) is 0 Å². The van der Waals surface area contributed by atoms with E-state index in [0.29, 0.717) is 60.1 Å². The Morgan fingerprint density at radius 2 is 1.48 bits per heavy atom. The van der Waals surface area contributed by atoms with Crippen molar-refractivity contribution in [2.75, 3.05) is 0 Å². The van der Waals surface area contributed by atoms with E-state index in [9.17, 15) is 15.3 Å². The quantitative estimate of drug-likeness (QED) is 0.296. The Labute approximate surface area is 269 Å². The Morgan fingerprint density at radius 3 is 2.05 bits per heavy atom. The molecule has 0 radical (unpaired) electrons. The summed E-state index contributed by atoms with van der Waals surface area (Å²) in [5, 5.41) is 31.8. The fourth-order valence-corrected chi connectivity index (χ4v) is 6.76. The standard InChI is InChI=1S/2C19H26O2/c1-5-6-13-10-16(20)18-14-9-12(2)7-8-15(14)19(3,4)21-17(18)11-13;1-5-6-14-10-17(20)19(18(21)11-14)16-9-13(4)7-8-15(16)12(2)3/h9-11,14-15,20H,5-8H2,1-4H3;9-11,15-16,20-21H,2,5-8H2,1,3-4H3/t14-,15-;15-,16+/m10/s1/i2D3,3D3;2D2,4D3/t14-,15-,19?;m. The molecule has 5 atom stereocenters. The predicted molar refractivity (Wildman–Crippen MR) is 174 cm³/mol. The Balaban J connectivity index is 0.000000237. The number of ether oxygens (including phenoxy) is 1. The van der Waals surface area contributed by atoms with Gasteiger partial charge in [-0.3, -0.25) is 0 Å². The number of aryl methyl sites for hydroxylation is 2. The molecule has 3 N–H and O–H groups in total. The second-order valence-corrected chi connectivity index (χ2v) is 12.2. The van der Waals surface area contributed by atoms with E-state index in [1.54, 1.807) is 50.3 Å². The molecule has 4 heteroatoms. The summed E-state index contributed by atoms with van der Waals surface area (Å²) in [6.45, 7) is 0.132. The number of phenolic OH excluding ortho intramolecular Hbond substituents is 3. The highest BCUT2D eigenvalue weighted by Gasteiger charge is 2.45. The summed E-state index contributed by atoms with van der Waals surface area (Å²) in [6.07, 6.45) is 7.92. The van der Waals surface area contributed by atoms with E-state index >= 15 is 0 Å². The molecule has 0 fully saturated rings. The molecule has 0 saturated carbocycles. The lowest BCUT2D eigenvalue weighted by molar-refractivity contribution is 0.0107. The van der Waals surface area contributed by atoms with Gasteiger partial charge in [-0.2, -0.15) is 0 Å². The van der Waals surface area contributed by atoms with E-state index in [0.717, 1.165) is 30.4 Å². The van der Waals surface area contributed by atoms with Gasteiger partial charge in [0.1, 0.15) is 28.6 Å². The average molecular weight is 584 g/mol. The number of phenols is 3. The SMILES string of the molecule is [2H]C([2H])([2H])C1=C[C@H]2c3c(O)cc(CCC)cc3OC(C)(C([2H])([2H])[2H])[C@@H]2CC1.[2H]C([2H])=C(C)[C@@H]1CCC(C([2H])([2H])[2H])=C[C@H]1c1c(O)cc(CCC)cc1O. The molecule has 0 aromatic heterocycles. The van der Waals surface area contributed by atoms with Gasteiger partial charge in [-0.15, -0.1) is 0 Å². The second-order valence-electron chi connectivity index (χ2n) is 12.2. The van der Waals surface area contributed by atoms with Gasteiger partial charge in [0.2, 0.25) is 0 Å². The number of hydrogen-bond donors (Lipinski definition) is 3. The Kier molecular flexibility index (Phi) is 6.18. The van der Waals surface area contributed by atoms with Crippen molar-refractivity contribution in [1.82, 2.24) is 0 Å². The molecule has 228 valence electrons. The van der Waals surface area contributed by atoms with Crippen LogP contribution >= 0.6 is 0 Å². The second kappa shape index (κ2) is 13.0. The number of rotatable bonds is 6. The predicted octanol–water partition coefficient (Wildman–Crippen LogP) is 10.0. The van der Waals surface area contributed by atoms with E-state index < -0.39 is 43.9 Å². The van der Waals surface area contributed by atoms with E-state index in [2.05, 4.69) is 0 Å². The van der Waals surface area contributed by atoms with E-state index in [1.165, 1.54) is 0 Å². The molecule has 2 aromatic rings. The van der Waals surface area contributed by atoms with Crippen LogP contribution in [0.5, 0.6) is 23.0 Å². The number of aromatic hydroxyl groups is 3. The molecule has 1 aliphatic heterocycles. The van der Waals surface area contributed by atoms with Crippen LogP contribution in [-0.4, -0.2) is 20.9 Å². The zero-order valence-electron chi connectivity index (χ0n) is 36.2. The largest absolute Gasteiger partial charge is 0.507 e. The summed E-state index contributed by atoms with van der Waals surface area (Å²) >= 11 is 0. The van der Waals surface area contributed by atoms with E-state index in [-0.39, 0.29) is 35.3 Å². The highest BCUT2D eigenvalue weighted by molar-refractivity contribution is 5.54. The van der Waals surface area contributed by atoms with Crippen LogP contribution in [0, 0.1) is 11.8 Å². The maximum absolute atomic E-state index is 10.7. The monoisotopic (exact) mass is 583 g/mol. The molecular formula is C38H52O4. The highest BCUT2D eigenvalue weighted by atomic mass is 16.5. The molecule has 2 aliphatic carbocycles. The molecule has 1 unspecified atom stereocenters. The Morgan fingerprint density at radius 1 is 0.905 bits per heavy atom. The first-order chi connectivity index (χ1) is 24.4. The molecule has 42 heavy (non-hydrogen) atoms. The van der Waals surface area contributed by atoms with Crippen LogP contribution in [-0.2, 0) is 12.8 Å². The van der Waals surface area contributed by atoms with Crippen LogP contribution in [0.3, 0.4) is 0 Å². The summed E-state index contributed by atoms with van der Waals surface area (Å²) in [7, 11) is 0. The van der Waals surface area contributed by atoms with Crippen LogP contribution in [0.2, 0.25) is 0 Å². The molecule has 4 nitrogen and oxygen atoms in total. The van der Waals surface area contributed by atoms with Crippen molar-refractivity contribution in [3.8, 4) is 23.0 Å². The zero-order valence-corrected chi connectivity index (χ0v) is 25.2. The van der Waals surface area contributed by atoms with Crippen molar-refractivity contribution >= 4 is 0 Å². The fourth-order valence-electron chi connectivity index (χ4n) is 6.76. The summed E-state index contributed by atoms with van der Waals surface area (Å²) in [6, 6.07) is 6.68. The summed E-state index contributed by atoms with van der Waals surface area (Å²) in [5.41, 5.74) is 2.15. The minimum atomic E-state index is -2.38. The first-order valence-corrected chi connectivity index (χ1v) is 15.1. The van der Waals surface area contributed by atoms with Gasteiger partial charge in [0.25, 0.3) is 0 Å². The van der Waals surface area contributed by atoms with E-state index in [4.69, 9.17) is 19.8 Å². The van der Waals surface area contributed by atoms with Crippen LogP contribution in [0.25, 0.3) is 0 Å². The van der Waals surface area contributed by atoms with Crippen molar-refractivity contribution in [2.45, 2.75) is 117 Å².